The van der Waals surface area contributed by atoms with E-state index in [1.54, 1.807) is 0 Å². The molecule has 352 valence electrons. The zero-order valence-electron chi connectivity index (χ0n) is 40.6. The molecule has 7 nitrogen and oxygen atoms in total. The molecule has 0 radical (unpaired) electrons. The minimum absolute atomic E-state index is 0.0191. The van der Waals surface area contributed by atoms with E-state index in [0.29, 0.717) is 32.5 Å². The first-order valence-electron chi connectivity index (χ1n) is 25.7. The van der Waals surface area contributed by atoms with Crippen molar-refractivity contribution in [3.8, 4) is 0 Å². The fraction of sp³-hybridized carbons (Fsp3) is 0.868. The second-order valence-electron chi connectivity index (χ2n) is 18.1. The molecule has 0 N–H and O–H groups in total. The largest absolute Gasteiger partial charge is 0.462 e. The van der Waals surface area contributed by atoms with Crippen molar-refractivity contribution in [1.29, 1.82) is 0 Å². The average molecular weight is 846 g/mol. The molecule has 0 unspecified atom stereocenters. The summed E-state index contributed by atoms with van der Waals surface area (Å²) in [7, 11) is 4.07. The Kier molecular flexibility index (Phi) is 43.3. The van der Waals surface area contributed by atoms with Crippen molar-refractivity contribution in [3.05, 3.63) is 24.3 Å². The van der Waals surface area contributed by atoms with E-state index >= 15 is 0 Å². The number of esters is 3. The standard InChI is InChI=1S/C53H99NO6/c1-7-11-34-48(35-12-8-2)38-29-31-46-58-51(55)42-27-23-19-15-17-21-25-40-50(60-53(57)44-33-45-54(5)6)41-26-22-18-16-20-24-28-43-52(56)59-47-32-30-39-49(36-13-9-3)37-14-10-4/h29-32,48-50H,7-28,33-47H2,1-6H3/b31-29-,32-30-. The van der Waals surface area contributed by atoms with Gasteiger partial charge in [0.15, 0.2) is 0 Å². The predicted octanol–water partition coefficient (Wildman–Crippen LogP) is 15.2. The number of unbranched alkanes of at least 4 members (excludes halogenated alkanes) is 16. The Morgan fingerprint density at radius 3 is 1.13 bits per heavy atom. The maximum atomic E-state index is 12.6. The highest BCUT2D eigenvalue weighted by Gasteiger charge is 2.15. The van der Waals surface area contributed by atoms with Crippen LogP contribution in [0.3, 0.4) is 0 Å². The maximum Gasteiger partial charge on any atom is 0.306 e. The van der Waals surface area contributed by atoms with E-state index in [9.17, 15) is 14.4 Å². The van der Waals surface area contributed by atoms with E-state index in [0.717, 1.165) is 115 Å². The third-order valence-corrected chi connectivity index (χ3v) is 11.9. The highest BCUT2D eigenvalue weighted by molar-refractivity contribution is 5.70. The first-order chi connectivity index (χ1) is 29.2. The summed E-state index contributed by atoms with van der Waals surface area (Å²) in [4.78, 5) is 39.1. The summed E-state index contributed by atoms with van der Waals surface area (Å²) < 4.78 is 16.9. The van der Waals surface area contributed by atoms with E-state index in [-0.39, 0.29) is 24.0 Å². The van der Waals surface area contributed by atoms with Crippen molar-refractivity contribution >= 4 is 17.9 Å². The molecule has 0 spiro atoms. The SMILES string of the molecule is CCCCC(C/C=C\COC(=O)CCCCCCCCCC(CCCCCCCCCC(=O)OC/C=C\CC(CCCC)CCCC)OC(=O)CCCN(C)C)CCCC. The van der Waals surface area contributed by atoms with Gasteiger partial charge in [0.1, 0.15) is 19.3 Å². The fourth-order valence-corrected chi connectivity index (χ4v) is 7.97. The minimum atomic E-state index is -0.0766. The van der Waals surface area contributed by atoms with Crippen LogP contribution in [0.1, 0.15) is 246 Å². The van der Waals surface area contributed by atoms with Crippen molar-refractivity contribution in [2.45, 2.75) is 252 Å². The predicted molar refractivity (Wildman–Crippen MR) is 255 cm³/mol. The minimum Gasteiger partial charge on any atom is -0.462 e. The molecule has 0 saturated heterocycles. The van der Waals surface area contributed by atoms with E-state index in [1.807, 2.05) is 26.2 Å². The molecule has 0 atom stereocenters. The molecule has 0 heterocycles. The van der Waals surface area contributed by atoms with Crippen LogP contribution in [0.4, 0.5) is 0 Å². The van der Waals surface area contributed by atoms with Gasteiger partial charge < -0.3 is 19.1 Å². The van der Waals surface area contributed by atoms with Crippen LogP contribution < -0.4 is 0 Å². The van der Waals surface area contributed by atoms with Crippen LogP contribution >= 0.6 is 0 Å². The highest BCUT2D eigenvalue weighted by atomic mass is 16.5. The van der Waals surface area contributed by atoms with Gasteiger partial charge in [0.2, 0.25) is 0 Å². The van der Waals surface area contributed by atoms with Gasteiger partial charge in [-0.1, -0.05) is 193 Å². The zero-order valence-corrected chi connectivity index (χ0v) is 40.6. The fourth-order valence-electron chi connectivity index (χ4n) is 7.97. The summed E-state index contributed by atoms with van der Waals surface area (Å²) in [5.74, 6) is 1.32. The zero-order chi connectivity index (χ0) is 44.2. The Morgan fingerprint density at radius 2 is 0.767 bits per heavy atom. The van der Waals surface area contributed by atoms with E-state index in [1.165, 1.54) is 103 Å². The molecule has 0 fully saturated rings. The maximum absolute atomic E-state index is 12.6. The smallest absolute Gasteiger partial charge is 0.306 e. The molecule has 0 bridgehead atoms. The molecule has 0 amide bonds. The third kappa shape index (κ3) is 41.2. The second-order valence-corrected chi connectivity index (χ2v) is 18.1. The molecular weight excluding hydrogens is 747 g/mol. The van der Waals surface area contributed by atoms with Gasteiger partial charge in [-0.15, -0.1) is 0 Å². The van der Waals surface area contributed by atoms with E-state index < -0.39 is 0 Å². The second kappa shape index (κ2) is 44.9. The number of carbonyl (C=O) groups is 3. The first-order valence-corrected chi connectivity index (χ1v) is 25.7. The summed E-state index contributed by atoms with van der Waals surface area (Å²) >= 11 is 0. The Morgan fingerprint density at radius 1 is 0.417 bits per heavy atom. The quantitative estimate of drug-likeness (QED) is 0.0261. The Labute approximate surface area is 372 Å². The molecule has 0 rings (SSSR count). The lowest BCUT2D eigenvalue weighted by atomic mass is 9.93. The highest BCUT2D eigenvalue weighted by Crippen LogP contribution is 2.22. The van der Waals surface area contributed by atoms with Crippen molar-refractivity contribution in [1.82, 2.24) is 4.90 Å². The van der Waals surface area contributed by atoms with Crippen LogP contribution in [0.15, 0.2) is 24.3 Å². The molecule has 0 aliphatic rings. The lowest BCUT2D eigenvalue weighted by molar-refractivity contribution is -0.150. The normalized spacial score (nSPS) is 12.0. The average Bonchev–Trinajstić information content (AvgIpc) is 3.23. The van der Waals surface area contributed by atoms with Crippen LogP contribution in [0, 0.1) is 11.8 Å². The van der Waals surface area contributed by atoms with Gasteiger partial charge in [-0.25, -0.2) is 0 Å². The van der Waals surface area contributed by atoms with Gasteiger partial charge in [0.05, 0.1) is 0 Å². The number of nitrogens with zero attached hydrogens (tertiary/aromatic N) is 1. The van der Waals surface area contributed by atoms with Crippen molar-refractivity contribution < 1.29 is 28.6 Å². The van der Waals surface area contributed by atoms with Gasteiger partial charge >= 0.3 is 17.9 Å². The summed E-state index contributed by atoms with van der Waals surface area (Å²) in [6.45, 7) is 10.7. The van der Waals surface area contributed by atoms with Crippen LogP contribution in [-0.2, 0) is 28.6 Å². The Hall–Kier alpha value is -2.15. The molecular formula is C53H99NO6. The molecule has 0 saturated carbocycles. The number of rotatable bonds is 45. The lowest BCUT2D eigenvalue weighted by Gasteiger charge is -2.18. The summed E-state index contributed by atoms with van der Waals surface area (Å²) in [6.07, 6.45) is 45.8. The number of carbonyl (C=O) groups excluding carboxylic acids is 3. The molecule has 0 aromatic heterocycles. The molecule has 0 aliphatic carbocycles. The van der Waals surface area contributed by atoms with Crippen LogP contribution in [0.2, 0.25) is 0 Å². The number of hydrogen-bond donors (Lipinski definition) is 0. The third-order valence-electron chi connectivity index (χ3n) is 11.9. The van der Waals surface area contributed by atoms with Crippen LogP contribution in [0.5, 0.6) is 0 Å². The summed E-state index contributed by atoms with van der Waals surface area (Å²) in [5.41, 5.74) is 0. The Balaban J connectivity index is 4.18. The molecule has 0 aliphatic heterocycles. The number of hydrogen-bond acceptors (Lipinski definition) is 7. The van der Waals surface area contributed by atoms with E-state index in [2.05, 4.69) is 44.7 Å². The van der Waals surface area contributed by atoms with E-state index in [4.69, 9.17) is 14.2 Å². The van der Waals surface area contributed by atoms with Gasteiger partial charge in [0, 0.05) is 19.3 Å². The molecule has 0 aromatic carbocycles. The monoisotopic (exact) mass is 846 g/mol. The molecule has 0 aromatic rings. The number of ether oxygens (including phenoxy) is 3. The first kappa shape index (κ1) is 57.9. The molecule has 60 heavy (non-hydrogen) atoms. The number of allylic oxidation sites excluding steroid dienone is 2. The van der Waals surface area contributed by atoms with Gasteiger partial charge in [0.25, 0.3) is 0 Å². The Bertz CT molecular complexity index is 943. The van der Waals surface area contributed by atoms with Gasteiger partial charge in [-0.05, 0) is 90.3 Å². The van der Waals surface area contributed by atoms with Crippen LogP contribution in [-0.4, -0.2) is 62.8 Å². The van der Waals surface area contributed by atoms with Gasteiger partial charge in [-0.3, -0.25) is 14.4 Å². The topological polar surface area (TPSA) is 82.1 Å². The van der Waals surface area contributed by atoms with Crippen molar-refractivity contribution in [2.75, 3.05) is 33.9 Å². The van der Waals surface area contributed by atoms with Crippen LogP contribution in [0.25, 0.3) is 0 Å². The van der Waals surface area contributed by atoms with Crippen molar-refractivity contribution in [2.24, 2.45) is 11.8 Å². The van der Waals surface area contributed by atoms with Gasteiger partial charge in [-0.2, -0.15) is 0 Å². The molecule has 7 heteroatoms. The lowest BCUT2D eigenvalue weighted by Crippen LogP contribution is -2.20. The summed E-state index contributed by atoms with van der Waals surface area (Å²) in [6, 6.07) is 0. The summed E-state index contributed by atoms with van der Waals surface area (Å²) in [5, 5.41) is 0. The van der Waals surface area contributed by atoms with Crippen molar-refractivity contribution in [3.63, 3.8) is 0 Å².